The van der Waals surface area contributed by atoms with Crippen LogP contribution in [0.15, 0.2) is 54.6 Å². The Morgan fingerprint density at radius 2 is 1.62 bits per heavy atom. The summed E-state index contributed by atoms with van der Waals surface area (Å²) in [7, 11) is -3.36. The van der Waals surface area contributed by atoms with Crippen molar-refractivity contribution >= 4 is 10.0 Å². The van der Waals surface area contributed by atoms with Gasteiger partial charge in [0.2, 0.25) is 10.0 Å². The molecule has 0 saturated heterocycles. The summed E-state index contributed by atoms with van der Waals surface area (Å²) in [5.74, 6) is 0.0105. The summed E-state index contributed by atoms with van der Waals surface area (Å²) >= 11 is 0. The zero-order chi connectivity index (χ0) is 15.3. The molecule has 0 aliphatic heterocycles. The molecule has 0 unspecified atom stereocenters. The van der Waals surface area contributed by atoms with Gasteiger partial charge in [-0.3, -0.25) is 0 Å². The number of aryl methyl sites for hydroxylation is 1. The molecule has 0 aromatic heterocycles. The molecular weight excluding hydrogens is 282 g/mol. The van der Waals surface area contributed by atoms with Crippen molar-refractivity contribution in [2.75, 3.05) is 0 Å². The second kappa shape index (κ2) is 6.87. The number of hydrogen-bond donors (Lipinski definition) is 1. The van der Waals surface area contributed by atoms with Gasteiger partial charge in [-0.2, -0.15) is 0 Å². The fourth-order valence-electron chi connectivity index (χ4n) is 2.23. The molecule has 112 valence electrons. The van der Waals surface area contributed by atoms with Gasteiger partial charge in [0.05, 0.1) is 5.75 Å². The van der Waals surface area contributed by atoms with E-state index in [0.29, 0.717) is 0 Å². The van der Waals surface area contributed by atoms with Gasteiger partial charge in [0, 0.05) is 6.04 Å². The second-order valence-corrected chi connectivity index (χ2v) is 6.99. The van der Waals surface area contributed by atoms with Gasteiger partial charge in [0.15, 0.2) is 0 Å². The first kappa shape index (κ1) is 15.7. The average molecular weight is 303 g/mol. The molecule has 0 radical (unpaired) electrons. The highest BCUT2D eigenvalue weighted by Gasteiger charge is 2.18. The van der Waals surface area contributed by atoms with Crippen molar-refractivity contribution in [3.63, 3.8) is 0 Å². The monoisotopic (exact) mass is 303 g/mol. The zero-order valence-corrected chi connectivity index (χ0v) is 13.2. The van der Waals surface area contributed by atoms with Crippen molar-refractivity contribution < 1.29 is 8.42 Å². The van der Waals surface area contributed by atoms with Gasteiger partial charge in [-0.1, -0.05) is 67.1 Å². The third-order valence-corrected chi connectivity index (χ3v) is 4.77. The highest BCUT2D eigenvalue weighted by atomic mass is 32.2. The van der Waals surface area contributed by atoms with Crippen LogP contribution in [0.2, 0.25) is 0 Å². The van der Waals surface area contributed by atoms with Crippen molar-refractivity contribution in [3.05, 3.63) is 71.3 Å². The smallest absolute Gasteiger partial charge is 0.212 e. The van der Waals surface area contributed by atoms with Crippen LogP contribution < -0.4 is 4.72 Å². The molecule has 1 atom stereocenters. The molecule has 0 saturated carbocycles. The lowest BCUT2D eigenvalue weighted by atomic mass is 10.1. The molecule has 0 aliphatic carbocycles. The normalized spacial score (nSPS) is 13.0. The largest absolute Gasteiger partial charge is 0.216 e. The Hall–Kier alpha value is -1.65. The van der Waals surface area contributed by atoms with E-state index in [4.69, 9.17) is 0 Å². The molecule has 21 heavy (non-hydrogen) atoms. The predicted molar refractivity (Wildman–Crippen MR) is 86.4 cm³/mol. The minimum Gasteiger partial charge on any atom is -0.212 e. The van der Waals surface area contributed by atoms with Crippen LogP contribution in [-0.4, -0.2) is 8.42 Å². The molecule has 3 nitrogen and oxygen atoms in total. The Morgan fingerprint density at radius 1 is 1.00 bits per heavy atom. The maximum Gasteiger partial charge on any atom is 0.216 e. The van der Waals surface area contributed by atoms with E-state index in [-0.39, 0.29) is 11.8 Å². The van der Waals surface area contributed by atoms with Crippen molar-refractivity contribution in [2.45, 2.75) is 32.1 Å². The molecule has 2 aromatic rings. The first-order valence-electron chi connectivity index (χ1n) is 7.10. The summed E-state index contributed by atoms with van der Waals surface area (Å²) in [6, 6.07) is 17.1. The van der Waals surface area contributed by atoms with Gasteiger partial charge in [0.25, 0.3) is 0 Å². The number of rotatable bonds is 6. The third kappa shape index (κ3) is 4.69. The molecule has 0 heterocycles. The molecule has 0 aliphatic rings. The van der Waals surface area contributed by atoms with Crippen molar-refractivity contribution in [1.29, 1.82) is 0 Å². The summed E-state index contributed by atoms with van der Waals surface area (Å²) < 4.78 is 27.4. The Morgan fingerprint density at radius 3 is 2.19 bits per heavy atom. The summed E-state index contributed by atoms with van der Waals surface area (Å²) in [5.41, 5.74) is 2.92. The molecular formula is C17H21NO2S. The van der Waals surface area contributed by atoms with E-state index in [0.717, 1.165) is 23.1 Å². The predicted octanol–water partition coefficient (Wildman–Crippen LogP) is 3.57. The number of sulfonamides is 1. The second-order valence-electron chi connectivity index (χ2n) is 5.23. The van der Waals surface area contributed by atoms with Crippen LogP contribution in [0.3, 0.4) is 0 Å². The molecule has 0 bridgehead atoms. The number of nitrogens with one attached hydrogen (secondary N) is 1. The lowest BCUT2D eigenvalue weighted by Crippen LogP contribution is -2.29. The highest BCUT2D eigenvalue weighted by Crippen LogP contribution is 2.18. The van der Waals surface area contributed by atoms with Crippen LogP contribution in [-0.2, 0) is 15.8 Å². The zero-order valence-electron chi connectivity index (χ0n) is 12.4. The first-order valence-corrected chi connectivity index (χ1v) is 8.76. The SMILES string of the molecule is CC[C@H](NS(=O)(=O)Cc1ccc(C)cc1)c1ccccc1. The van der Waals surface area contributed by atoms with E-state index in [1.165, 1.54) is 0 Å². The van der Waals surface area contributed by atoms with E-state index in [1.807, 2.05) is 68.4 Å². The Bertz CT molecular complexity index is 664. The van der Waals surface area contributed by atoms with E-state index < -0.39 is 10.0 Å². The van der Waals surface area contributed by atoms with Crippen LogP contribution in [0.1, 0.15) is 36.1 Å². The summed E-state index contributed by atoms with van der Waals surface area (Å²) in [6.45, 7) is 3.96. The van der Waals surface area contributed by atoms with Crippen molar-refractivity contribution in [2.24, 2.45) is 0 Å². The van der Waals surface area contributed by atoms with Gasteiger partial charge in [-0.25, -0.2) is 13.1 Å². The van der Waals surface area contributed by atoms with Crippen LogP contribution in [0.5, 0.6) is 0 Å². The Balaban J connectivity index is 2.10. The highest BCUT2D eigenvalue weighted by molar-refractivity contribution is 7.88. The quantitative estimate of drug-likeness (QED) is 0.887. The molecule has 0 amide bonds. The number of benzene rings is 2. The van der Waals surface area contributed by atoms with Crippen molar-refractivity contribution in [1.82, 2.24) is 4.72 Å². The number of hydrogen-bond acceptors (Lipinski definition) is 2. The van der Waals surface area contributed by atoms with Crippen LogP contribution >= 0.6 is 0 Å². The van der Waals surface area contributed by atoms with Crippen LogP contribution in [0, 0.1) is 6.92 Å². The Kier molecular flexibility index (Phi) is 5.15. The molecule has 2 rings (SSSR count). The van der Waals surface area contributed by atoms with Gasteiger partial charge in [0.1, 0.15) is 0 Å². The standard InChI is InChI=1S/C17H21NO2S/c1-3-17(16-7-5-4-6-8-16)18-21(19,20)13-15-11-9-14(2)10-12-15/h4-12,17-18H,3,13H2,1-2H3/t17-/m0/s1. The van der Waals surface area contributed by atoms with E-state index >= 15 is 0 Å². The van der Waals surface area contributed by atoms with E-state index in [1.54, 1.807) is 0 Å². The molecule has 1 N–H and O–H groups in total. The lowest BCUT2D eigenvalue weighted by molar-refractivity contribution is 0.549. The maximum atomic E-state index is 12.3. The van der Waals surface area contributed by atoms with Crippen LogP contribution in [0.4, 0.5) is 0 Å². The molecule has 4 heteroatoms. The summed E-state index contributed by atoms with van der Waals surface area (Å²) in [6.07, 6.45) is 0.719. The third-order valence-electron chi connectivity index (χ3n) is 3.41. The fraction of sp³-hybridized carbons (Fsp3) is 0.294. The first-order chi connectivity index (χ1) is 10.00. The van der Waals surface area contributed by atoms with Gasteiger partial charge >= 0.3 is 0 Å². The molecule has 0 spiro atoms. The van der Waals surface area contributed by atoms with Crippen LogP contribution in [0.25, 0.3) is 0 Å². The lowest BCUT2D eigenvalue weighted by Gasteiger charge is -2.17. The topological polar surface area (TPSA) is 46.2 Å². The minimum atomic E-state index is -3.36. The van der Waals surface area contributed by atoms with E-state index in [2.05, 4.69) is 4.72 Å². The van der Waals surface area contributed by atoms with Gasteiger partial charge < -0.3 is 0 Å². The fourth-order valence-corrected chi connectivity index (χ4v) is 3.69. The minimum absolute atomic E-state index is 0.0105. The molecule has 2 aromatic carbocycles. The van der Waals surface area contributed by atoms with Gasteiger partial charge in [-0.05, 0) is 24.5 Å². The van der Waals surface area contributed by atoms with Crippen molar-refractivity contribution in [3.8, 4) is 0 Å². The maximum absolute atomic E-state index is 12.3. The molecule has 0 fully saturated rings. The van der Waals surface area contributed by atoms with E-state index in [9.17, 15) is 8.42 Å². The summed E-state index contributed by atoms with van der Waals surface area (Å²) in [5, 5.41) is 0. The average Bonchev–Trinajstić information content (AvgIpc) is 2.48. The van der Waals surface area contributed by atoms with Gasteiger partial charge in [-0.15, -0.1) is 0 Å². The Labute approximate surface area is 127 Å². The summed E-state index contributed by atoms with van der Waals surface area (Å²) in [4.78, 5) is 0.